The number of hydrogen-bond donors (Lipinski definition) is 1. The molecule has 1 aliphatic rings. The molecular formula is C19H26N4O3S3. The van der Waals surface area contributed by atoms with Crippen molar-refractivity contribution < 1.29 is 13.2 Å². The number of thioether (sulfide) groups is 1. The number of amides is 1. The van der Waals surface area contributed by atoms with Gasteiger partial charge in [0.15, 0.2) is 14.2 Å². The molecular weight excluding hydrogens is 428 g/mol. The number of anilines is 2. The maximum atomic E-state index is 12.8. The summed E-state index contributed by atoms with van der Waals surface area (Å²) in [4.78, 5) is 14.6. The number of carbonyl (C=O) groups is 1. The molecule has 10 heteroatoms. The number of benzene rings is 1. The lowest BCUT2D eigenvalue weighted by molar-refractivity contribution is -0.130. The number of para-hydroxylation sites is 1. The Balaban J connectivity index is 1.60. The van der Waals surface area contributed by atoms with Crippen LogP contribution in [0.5, 0.6) is 0 Å². The molecule has 7 nitrogen and oxygen atoms in total. The van der Waals surface area contributed by atoms with E-state index in [9.17, 15) is 13.2 Å². The number of aryl methyl sites for hydroxylation is 1. The predicted octanol–water partition coefficient (Wildman–Crippen LogP) is 3.35. The van der Waals surface area contributed by atoms with Crippen LogP contribution in [0.25, 0.3) is 0 Å². The number of nitrogens with zero attached hydrogens (tertiary/aromatic N) is 3. The minimum atomic E-state index is -3.04. The fraction of sp³-hybridized carbons (Fsp3) is 0.526. The number of sulfone groups is 1. The summed E-state index contributed by atoms with van der Waals surface area (Å²) in [6.07, 6.45) is 0.523. The van der Waals surface area contributed by atoms with E-state index in [1.807, 2.05) is 45.0 Å². The molecule has 0 spiro atoms. The van der Waals surface area contributed by atoms with Crippen LogP contribution in [0.2, 0.25) is 0 Å². The summed E-state index contributed by atoms with van der Waals surface area (Å²) in [5, 5.41) is 12.2. The quantitative estimate of drug-likeness (QED) is 0.612. The van der Waals surface area contributed by atoms with Crippen molar-refractivity contribution in [1.29, 1.82) is 0 Å². The van der Waals surface area contributed by atoms with Gasteiger partial charge in [-0.2, -0.15) is 0 Å². The van der Waals surface area contributed by atoms with E-state index >= 15 is 0 Å². The highest BCUT2D eigenvalue weighted by Gasteiger charge is 2.34. The summed E-state index contributed by atoms with van der Waals surface area (Å²) in [6, 6.07) is 7.71. The number of carbonyl (C=O) groups excluding carboxylic acids is 1. The van der Waals surface area contributed by atoms with Crippen molar-refractivity contribution >= 4 is 49.7 Å². The number of aromatic nitrogens is 2. The summed E-state index contributed by atoms with van der Waals surface area (Å²) >= 11 is 2.74. The Kier molecular flexibility index (Phi) is 7.18. The zero-order chi connectivity index (χ0) is 21.0. The van der Waals surface area contributed by atoms with Crippen molar-refractivity contribution in [3.63, 3.8) is 0 Å². The first kappa shape index (κ1) is 22.0. The zero-order valence-corrected chi connectivity index (χ0v) is 19.2. The van der Waals surface area contributed by atoms with Crippen LogP contribution in [-0.2, 0) is 14.6 Å². The first-order valence-electron chi connectivity index (χ1n) is 9.52. The molecule has 0 bridgehead atoms. The third-order valence-electron chi connectivity index (χ3n) is 4.64. The van der Waals surface area contributed by atoms with E-state index in [2.05, 4.69) is 15.5 Å². The molecule has 1 aliphatic heterocycles. The Labute approximate surface area is 180 Å². The van der Waals surface area contributed by atoms with Crippen molar-refractivity contribution in [1.82, 2.24) is 15.1 Å². The second-order valence-electron chi connectivity index (χ2n) is 7.60. The second kappa shape index (κ2) is 9.44. The predicted molar refractivity (Wildman–Crippen MR) is 119 cm³/mol. The topological polar surface area (TPSA) is 92.3 Å². The molecule has 1 saturated heterocycles. The lowest BCUT2D eigenvalue weighted by Crippen LogP contribution is -2.44. The van der Waals surface area contributed by atoms with Gasteiger partial charge in [0, 0.05) is 18.3 Å². The summed E-state index contributed by atoms with van der Waals surface area (Å²) in [5.74, 6) is 0.687. The van der Waals surface area contributed by atoms with Gasteiger partial charge in [0.1, 0.15) is 0 Å². The minimum Gasteiger partial charge on any atom is -0.338 e. The Bertz CT molecular complexity index is 959. The van der Waals surface area contributed by atoms with E-state index in [1.165, 1.54) is 23.1 Å². The van der Waals surface area contributed by atoms with Crippen molar-refractivity contribution in [3.8, 4) is 0 Å². The van der Waals surface area contributed by atoms with Gasteiger partial charge in [-0.3, -0.25) is 4.79 Å². The van der Waals surface area contributed by atoms with E-state index in [0.29, 0.717) is 22.4 Å². The molecule has 0 saturated carbocycles. The fourth-order valence-electron chi connectivity index (χ4n) is 3.22. The smallest absolute Gasteiger partial charge is 0.233 e. The number of hydrogen-bond acceptors (Lipinski definition) is 8. The second-order valence-corrected chi connectivity index (χ2v) is 12.0. The molecule has 1 amide bonds. The number of nitrogens with one attached hydrogen (secondary N) is 1. The Morgan fingerprint density at radius 1 is 1.34 bits per heavy atom. The Morgan fingerprint density at radius 3 is 2.76 bits per heavy atom. The molecule has 158 valence electrons. The molecule has 0 aliphatic carbocycles. The fourth-order valence-corrected chi connectivity index (χ4v) is 6.60. The van der Waals surface area contributed by atoms with Gasteiger partial charge in [-0.1, -0.05) is 55.1 Å². The lowest BCUT2D eigenvalue weighted by Gasteiger charge is -2.29. The van der Waals surface area contributed by atoms with Crippen molar-refractivity contribution in [2.75, 3.05) is 29.1 Å². The van der Waals surface area contributed by atoms with Crippen LogP contribution in [0.4, 0.5) is 10.8 Å². The Hall–Kier alpha value is -1.65. The molecule has 1 aromatic carbocycles. The van der Waals surface area contributed by atoms with E-state index in [-0.39, 0.29) is 35.1 Å². The third kappa shape index (κ3) is 6.16. The van der Waals surface area contributed by atoms with Crippen LogP contribution in [0.15, 0.2) is 28.6 Å². The Morgan fingerprint density at radius 2 is 2.10 bits per heavy atom. The maximum Gasteiger partial charge on any atom is 0.233 e. The third-order valence-corrected chi connectivity index (χ3v) is 8.35. The van der Waals surface area contributed by atoms with Crippen LogP contribution in [0.3, 0.4) is 0 Å². The van der Waals surface area contributed by atoms with Crippen LogP contribution < -0.4 is 5.32 Å². The highest BCUT2D eigenvalue weighted by Crippen LogP contribution is 2.29. The van der Waals surface area contributed by atoms with Gasteiger partial charge >= 0.3 is 0 Å². The normalized spacial score (nSPS) is 18.1. The summed E-state index contributed by atoms with van der Waals surface area (Å²) in [6.45, 7) is 6.65. The van der Waals surface area contributed by atoms with E-state index < -0.39 is 9.84 Å². The average Bonchev–Trinajstić information content (AvgIpc) is 3.25. The molecule has 3 rings (SSSR count). The molecule has 29 heavy (non-hydrogen) atoms. The molecule has 1 atom stereocenters. The zero-order valence-electron chi connectivity index (χ0n) is 16.8. The van der Waals surface area contributed by atoms with Crippen molar-refractivity contribution in [2.24, 2.45) is 5.92 Å². The van der Waals surface area contributed by atoms with Crippen LogP contribution >= 0.6 is 23.1 Å². The van der Waals surface area contributed by atoms with Gasteiger partial charge in [0.25, 0.3) is 0 Å². The van der Waals surface area contributed by atoms with Gasteiger partial charge in [-0.05, 0) is 30.9 Å². The van der Waals surface area contributed by atoms with Gasteiger partial charge in [0.05, 0.1) is 17.3 Å². The summed E-state index contributed by atoms with van der Waals surface area (Å²) in [5.41, 5.74) is 2.09. The number of rotatable bonds is 8. The SMILES string of the molecule is Cc1ccccc1Nc1nnc(SCC(=O)N(CC(C)C)[C@H]2CCS(=O)(=O)C2)s1. The van der Waals surface area contributed by atoms with Gasteiger partial charge in [-0.25, -0.2) is 8.42 Å². The van der Waals surface area contributed by atoms with Crippen LogP contribution in [0.1, 0.15) is 25.8 Å². The molecule has 1 fully saturated rings. The maximum absolute atomic E-state index is 12.8. The van der Waals surface area contributed by atoms with Crippen LogP contribution in [-0.4, -0.2) is 59.3 Å². The van der Waals surface area contributed by atoms with Crippen LogP contribution in [0, 0.1) is 12.8 Å². The van der Waals surface area contributed by atoms with E-state index in [4.69, 9.17) is 0 Å². The van der Waals surface area contributed by atoms with E-state index in [0.717, 1.165) is 11.3 Å². The highest BCUT2D eigenvalue weighted by molar-refractivity contribution is 8.01. The minimum absolute atomic E-state index is 0.0468. The molecule has 1 aromatic heterocycles. The summed E-state index contributed by atoms with van der Waals surface area (Å²) in [7, 11) is -3.04. The molecule has 2 aromatic rings. The van der Waals surface area contributed by atoms with E-state index in [1.54, 1.807) is 4.90 Å². The first-order valence-corrected chi connectivity index (χ1v) is 13.1. The van der Waals surface area contributed by atoms with Crippen molar-refractivity contribution in [3.05, 3.63) is 29.8 Å². The molecule has 0 radical (unpaired) electrons. The lowest BCUT2D eigenvalue weighted by atomic mass is 10.1. The molecule has 2 heterocycles. The molecule has 0 unspecified atom stereocenters. The standard InChI is InChI=1S/C19H26N4O3S3/c1-13(2)10-23(15-8-9-29(25,26)12-15)17(24)11-27-19-22-21-18(28-19)20-16-7-5-4-6-14(16)3/h4-7,13,15H,8-12H2,1-3H3,(H,20,21)/t15-/m0/s1. The van der Waals surface area contributed by atoms with Gasteiger partial charge in [-0.15, -0.1) is 10.2 Å². The van der Waals surface area contributed by atoms with Gasteiger partial charge < -0.3 is 10.2 Å². The molecule has 1 N–H and O–H groups in total. The first-order chi connectivity index (χ1) is 13.7. The average molecular weight is 455 g/mol. The van der Waals surface area contributed by atoms with Crippen molar-refractivity contribution in [2.45, 2.75) is 37.6 Å². The largest absolute Gasteiger partial charge is 0.338 e. The monoisotopic (exact) mass is 454 g/mol. The van der Waals surface area contributed by atoms with Gasteiger partial charge in [0.2, 0.25) is 11.0 Å². The summed E-state index contributed by atoms with van der Waals surface area (Å²) < 4.78 is 24.4. The highest BCUT2D eigenvalue weighted by atomic mass is 32.2.